The van der Waals surface area contributed by atoms with Gasteiger partial charge in [0.2, 0.25) is 0 Å². The maximum Gasteiger partial charge on any atom is 0.335 e. The van der Waals surface area contributed by atoms with E-state index in [9.17, 15) is 9.59 Å². The number of Topliss-reactive ketones (excluding diaryl/α,β-unsaturated/α-hetero) is 1. The van der Waals surface area contributed by atoms with Crippen molar-refractivity contribution in [3.63, 3.8) is 0 Å². The quantitative estimate of drug-likeness (QED) is 0.436. The molecule has 1 unspecified atom stereocenters. The molecule has 1 aromatic carbocycles. The van der Waals surface area contributed by atoms with Crippen molar-refractivity contribution in [3.05, 3.63) is 42.0 Å². The Bertz CT molecular complexity index is 550. The fraction of sp³-hybridized carbons (Fsp3) is 0.375. The van der Waals surface area contributed by atoms with Gasteiger partial charge in [0, 0.05) is 12.0 Å². The summed E-state index contributed by atoms with van der Waals surface area (Å²) in [5, 5.41) is 0. The molecule has 5 heteroatoms. The Labute approximate surface area is 123 Å². The molecule has 0 fully saturated rings. The first kappa shape index (κ1) is 15.3. The highest BCUT2D eigenvalue weighted by Gasteiger charge is 2.18. The van der Waals surface area contributed by atoms with Gasteiger partial charge in [-0.2, -0.15) is 0 Å². The largest absolute Gasteiger partial charge is 0.493 e. The molecule has 21 heavy (non-hydrogen) atoms. The summed E-state index contributed by atoms with van der Waals surface area (Å²) in [6, 6.07) is 5.24. The Hall–Kier alpha value is -2.14. The molecule has 5 nitrogen and oxygen atoms in total. The molecule has 0 aliphatic carbocycles. The molecule has 1 atom stereocenters. The lowest BCUT2D eigenvalue weighted by atomic mass is 10.1. The Morgan fingerprint density at radius 3 is 3.05 bits per heavy atom. The van der Waals surface area contributed by atoms with Crippen molar-refractivity contribution in [2.45, 2.75) is 19.4 Å². The second-order valence-electron chi connectivity index (χ2n) is 4.72. The lowest BCUT2D eigenvalue weighted by molar-refractivity contribution is -0.154. The number of rotatable bonds is 7. The summed E-state index contributed by atoms with van der Waals surface area (Å²) in [4.78, 5) is 23.6. The van der Waals surface area contributed by atoms with E-state index in [0.29, 0.717) is 12.2 Å². The van der Waals surface area contributed by atoms with Crippen molar-refractivity contribution >= 4 is 11.8 Å². The van der Waals surface area contributed by atoms with Crippen molar-refractivity contribution in [1.82, 2.24) is 0 Å². The molecule has 0 aromatic heterocycles. The van der Waals surface area contributed by atoms with E-state index in [1.54, 1.807) is 31.2 Å². The third kappa shape index (κ3) is 3.92. The zero-order valence-corrected chi connectivity index (χ0v) is 12.0. The summed E-state index contributed by atoms with van der Waals surface area (Å²) in [7, 11) is 0. The fourth-order valence-electron chi connectivity index (χ4n) is 1.98. The molecular formula is C16H18O5. The van der Waals surface area contributed by atoms with E-state index in [4.69, 9.17) is 14.2 Å². The van der Waals surface area contributed by atoms with Crippen LogP contribution in [0.25, 0.3) is 0 Å². The van der Waals surface area contributed by atoms with Gasteiger partial charge >= 0.3 is 5.97 Å². The van der Waals surface area contributed by atoms with E-state index < -0.39 is 12.1 Å². The van der Waals surface area contributed by atoms with Crippen molar-refractivity contribution in [2.75, 3.05) is 19.8 Å². The van der Waals surface area contributed by atoms with Crippen LogP contribution in [0.4, 0.5) is 0 Å². The van der Waals surface area contributed by atoms with Gasteiger partial charge < -0.3 is 14.2 Å². The van der Waals surface area contributed by atoms with Gasteiger partial charge in [0.05, 0.1) is 13.2 Å². The van der Waals surface area contributed by atoms with Crippen LogP contribution in [0.15, 0.2) is 30.9 Å². The first-order chi connectivity index (χ1) is 10.1. The second-order valence-corrected chi connectivity index (χ2v) is 4.72. The molecule has 1 aromatic rings. The number of ketones is 1. The summed E-state index contributed by atoms with van der Waals surface area (Å²) in [5.74, 6) is 0.0126. The molecule has 0 saturated heterocycles. The van der Waals surface area contributed by atoms with Crippen LogP contribution in [0.3, 0.4) is 0 Å². The molecule has 0 amide bonds. The van der Waals surface area contributed by atoms with E-state index in [2.05, 4.69) is 6.58 Å². The smallest absolute Gasteiger partial charge is 0.335 e. The molecule has 1 heterocycles. The Morgan fingerprint density at radius 1 is 1.48 bits per heavy atom. The van der Waals surface area contributed by atoms with E-state index in [1.165, 1.54) is 0 Å². The molecule has 112 valence electrons. The number of fused-ring (bicyclic) bond motifs is 1. The number of ether oxygens (including phenoxy) is 3. The minimum atomic E-state index is -0.718. The highest BCUT2D eigenvalue weighted by atomic mass is 16.6. The summed E-state index contributed by atoms with van der Waals surface area (Å²) in [5.41, 5.74) is 1.53. The second kappa shape index (κ2) is 7.04. The van der Waals surface area contributed by atoms with Crippen LogP contribution in [0, 0.1) is 0 Å². The van der Waals surface area contributed by atoms with Crippen molar-refractivity contribution < 1.29 is 23.8 Å². The van der Waals surface area contributed by atoms with Gasteiger partial charge in [-0.05, 0) is 30.7 Å². The van der Waals surface area contributed by atoms with Crippen LogP contribution in [0.5, 0.6) is 5.75 Å². The third-order valence-corrected chi connectivity index (χ3v) is 3.15. The van der Waals surface area contributed by atoms with Crippen LogP contribution >= 0.6 is 0 Å². The molecule has 0 radical (unpaired) electrons. The number of esters is 1. The number of carbonyl (C=O) groups excluding carboxylic acids is 2. The van der Waals surface area contributed by atoms with Gasteiger partial charge in [-0.25, -0.2) is 4.79 Å². The highest BCUT2D eigenvalue weighted by molar-refractivity contribution is 5.98. The van der Waals surface area contributed by atoms with Gasteiger partial charge in [-0.3, -0.25) is 4.79 Å². The topological polar surface area (TPSA) is 61.8 Å². The summed E-state index contributed by atoms with van der Waals surface area (Å²) in [6.45, 7) is 5.67. The summed E-state index contributed by atoms with van der Waals surface area (Å²) < 4.78 is 15.5. The zero-order chi connectivity index (χ0) is 15.2. The molecule has 0 N–H and O–H groups in total. The van der Waals surface area contributed by atoms with Crippen LogP contribution in [0.2, 0.25) is 0 Å². The number of benzene rings is 1. The lowest BCUT2D eigenvalue weighted by Crippen LogP contribution is -2.26. The lowest BCUT2D eigenvalue weighted by Gasteiger charge is -2.11. The first-order valence-electron chi connectivity index (χ1n) is 6.80. The summed E-state index contributed by atoms with van der Waals surface area (Å²) in [6.07, 6.45) is 1.62. The number of hydrogen-bond acceptors (Lipinski definition) is 5. The predicted octanol–water partition coefficient (Wildman–Crippen LogP) is 1.94. The number of carbonyl (C=O) groups is 2. The van der Waals surface area contributed by atoms with Crippen LogP contribution in [-0.4, -0.2) is 37.7 Å². The van der Waals surface area contributed by atoms with Gasteiger partial charge in [-0.15, -0.1) is 6.58 Å². The summed E-state index contributed by atoms with van der Waals surface area (Å²) >= 11 is 0. The fourth-order valence-corrected chi connectivity index (χ4v) is 1.98. The van der Waals surface area contributed by atoms with Gasteiger partial charge in [-0.1, -0.05) is 6.08 Å². The Balaban J connectivity index is 1.87. The van der Waals surface area contributed by atoms with Crippen molar-refractivity contribution in [2.24, 2.45) is 0 Å². The maximum absolute atomic E-state index is 12.0. The van der Waals surface area contributed by atoms with Gasteiger partial charge in [0.25, 0.3) is 0 Å². The normalized spacial score (nSPS) is 14.0. The van der Waals surface area contributed by atoms with Gasteiger partial charge in [0.1, 0.15) is 5.75 Å². The van der Waals surface area contributed by atoms with Crippen LogP contribution in [-0.2, 0) is 20.7 Å². The zero-order valence-electron chi connectivity index (χ0n) is 12.0. The van der Waals surface area contributed by atoms with Crippen LogP contribution in [0.1, 0.15) is 22.8 Å². The molecule has 1 aliphatic heterocycles. The molecule has 0 bridgehead atoms. The first-order valence-corrected chi connectivity index (χ1v) is 6.80. The predicted molar refractivity (Wildman–Crippen MR) is 76.5 cm³/mol. The number of hydrogen-bond donors (Lipinski definition) is 0. The molecular weight excluding hydrogens is 272 g/mol. The van der Waals surface area contributed by atoms with Gasteiger partial charge in [0.15, 0.2) is 18.5 Å². The van der Waals surface area contributed by atoms with Crippen LogP contribution < -0.4 is 4.74 Å². The van der Waals surface area contributed by atoms with Crippen molar-refractivity contribution in [1.29, 1.82) is 0 Å². The average Bonchev–Trinajstić information content (AvgIpc) is 2.97. The SMILES string of the molecule is C=CCOC(C)C(=O)OCC(=O)c1ccc2c(c1)CCO2. The Morgan fingerprint density at radius 2 is 2.29 bits per heavy atom. The average molecular weight is 290 g/mol. The minimum absolute atomic E-state index is 0.242. The Kier molecular flexibility index (Phi) is 5.11. The maximum atomic E-state index is 12.0. The standard InChI is InChI=1S/C16H18O5/c1-3-7-19-11(2)16(18)21-10-14(17)12-4-5-15-13(9-12)6-8-20-15/h3-5,9,11H,1,6-8,10H2,2H3. The van der Waals surface area contributed by atoms with E-state index in [-0.39, 0.29) is 19.0 Å². The molecule has 0 saturated carbocycles. The third-order valence-electron chi connectivity index (χ3n) is 3.15. The van der Waals surface area contributed by atoms with E-state index in [0.717, 1.165) is 17.7 Å². The van der Waals surface area contributed by atoms with E-state index in [1.807, 2.05) is 0 Å². The monoisotopic (exact) mass is 290 g/mol. The highest BCUT2D eigenvalue weighted by Crippen LogP contribution is 2.25. The molecule has 2 rings (SSSR count). The molecule has 0 spiro atoms. The van der Waals surface area contributed by atoms with E-state index >= 15 is 0 Å². The minimum Gasteiger partial charge on any atom is -0.493 e. The molecule has 1 aliphatic rings. The van der Waals surface area contributed by atoms with Crippen molar-refractivity contribution in [3.8, 4) is 5.75 Å².